The highest BCUT2D eigenvalue weighted by atomic mass is 16.5. The van der Waals surface area contributed by atoms with Crippen molar-refractivity contribution in [1.82, 2.24) is 4.57 Å². The second-order valence-corrected chi connectivity index (χ2v) is 6.23. The number of ether oxygens (including phenoxy) is 1. The van der Waals surface area contributed by atoms with Crippen LogP contribution in [0.3, 0.4) is 0 Å². The van der Waals surface area contributed by atoms with Gasteiger partial charge in [-0.15, -0.1) is 0 Å². The summed E-state index contributed by atoms with van der Waals surface area (Å²) in [5.74, 6) is -0.281. The number of nitrogens with zero attached hydrogens (tertiary/aromatic N) is 1. The summed E-state index contributed by atoms with van der Waals surface area (Å²) in [5, 5.41) is 13.8. The van der Waals surface area contributed by atoms with Crippen molar-refractivity contribution in [3.8, 4) is 11.5 Å². The lowest BCUT2D eigenvalue weighted by Gasteiger charge is -2.15. The van der Waals surface area contributed by atoms with Crippen LogP contribution in [0, 0.1) is 0 Å². The van der Waals surface area contributed by atoms with Crippen LogP contribution >= 0.6 is 0 Å². The van der Waals surface area contributed by atoms with Gasteiger partial charge in [-0.25, -0.2) is 0 Å². The highest BCUT2D eigenvalue weighted by molar-refractivity contribution is 6.09. The van der Waals surface area contributed by atoms with Crippen molar-refractivity contribution < 1.29 is 14.6 Å². The molecule has 0 aliphatic carbocycles. The molecular weight excluding hydrogens is 344 g/mol. The average Bonchev–Trinajstić information content (AvgIpc) is 2.68. The van der Waals surface area contributed by atoms with Gasteiger partial charge in [0.2, 0.25) is 0 Å². The second-order valence-electron chi connectivity index (χ2n) is 6.23. The van der Waals surface area contributed by atoms with Crippen LogP contribution in [0.5, 0.6) is 11.5 Å². The van der Waals surface area contributed by atoms with Crippen LogP contribution in [-0.2, 0) is 6.54 Å². The number of hydrogen-bond donors (Lipinski definition) is 2. The molecule has 0 aliphatic rings. The first-order chi connectivity index (χ1) is 13.1. The number of nitrogens with one attached hydrogen (secondary N) is 1. The number of carbonyl (C=O) groups excluding carboxylic acids is 1. The van der Waals surface area contributed by atoms with Crippen LogP contribution in [0.1, 0.15) is 30.1 Å². The van der Waals surface area contributed by atoms with Gasteiger partial charge in [-0.3, -0.25) is 9.59 Å². The minimum absolute atomic E-state index is 0.249. The molecule has 0 radical (unpaired) electrons. The molecule has 2 N–H and O–H groups in total. The fourth-order valence-corrected chi connectivity index (χ4v) is 3.00. The Morgan fingerprint density at radius 1 is 1.15 bits per heavy atom. The maximum absolute atomic E-state index is 13.0. The van der Waals surface area contributed by atoms with E-state index in [1.54, 1.807) is 60.2 Å². The number of pyridine rings is 1. The zero-order valence-corrected chi connectivity index (χ0v) is 15.4. The largest absolute Gasteiger partial charge is 0.506 e. The molecule has 0 unspecified atom stereocenters. The van der Waals surface area contributed by atoms with Gasteiger partial charge in [0.25, 0.3) is 11.5 Å². The zero-order valence-electron chi connectivity index (χ0n) is 15.4. The topological polar surface area (TPSA) is 80.6 Å². The molecule has 3 aromatic rings. The molecule has 2 aromatic carbocycles. The van der Waals surface area contributed by atoms with Gasteiger partial charge in [-0.2, -0.15) is 0 Å². The Morgan fingerprint density at radius 2 is 1.85 bits per heavy atom. The highest BCUT2D eigenvalue weighted by Crippen LogP contribution is 2.27. The summed E-state index contributed by atoms with van der Waals surface area (Å²) in [4.78, 5) is 25.7. The van der Waals surface area contributed by atoms with E-state index < -0.39 is 11.5 Å². The summed E-state index contributed by atoms with van der Waals surface area (Å²) in [6.45, 7) is 2.52. The minimum atomic E-state index is -0.640. The van der Waals surface area contributed by atoms with Crippen LogP contribution in [0.15, 0.2) is 53.3 Å². The summed E-state index contributed by atoms with van der Waals surface area (Å²) in [6.07, 6.45) is 1.71. The number of methoxy groups -OCH3 is 1. The van der Waals surface area contributed by atoms with Gasteiger partial charge in [0.1, 0.15) is 17.1 Å². The third kappa shape index (κ3) is 3.65. The first-order valence-corrected chi connectivity index (χ1v) is 8.86. The summed E-state index contributed by atoms with van der Waals surface area (Å²) in [7, 11) is 1.56. The number of hydrogen-bond acceptors (Lipinski definition) is 4. The molecule has 27 heavy (non-hydrogen) atoms. The van der Waals surface area contributed by atoms with Crippen molar-refractivity contribution in [2.75, 3.05) is 12.4 Å². The molecule has 0 atom stereocenters. The molecule has 6 nitrogen and oxygen atoms in total. The number of unbranched alkanes of at least 4 members (excludes halogenated alkanes) is 1. The predicted molar refractivity (Wildman–Crippen MR) is 106 cm³/mol. The van der Waals surface area contributed by atoms with Gasteiger partial charge in [-0.05, 0) is 42.8 Å². The molecule has 0 saturated heterocycles. The highest BCUT2D eigenvalue weighted by Gasteiger charge is 2.22. The van der Waals surface area contributed by atoms with E-state index in [0.717, 1.165) is 12.8 Å². The van der Waals surface area contributed by atoms with Gasteiger partial charge in [0, 0.05) is 17.6 Å². The fourth-order valence-electron chi connectivity index (χ4n) is 3.00. The van der Waals surface area contributed by atoms with E-state index in [1.165, 1.54) is 0 Å². The third-order valence-electron chi connectivity index (χ3n) is 4.46. The van der Waals surface area contributed by atoms with Crippen molar-refractivity contribution >= 4 is 22.5 Å². The van der Waals surface area contributed by atoms with Gasteiger partial charge in [0.05, 0.1) is 12.6 Å². The van der Waals surface area contributed by atoms with Crippen molar-refractivity contribution in [2.24, 2.45) is 0 Å². The maximum Gasteiger partial charge on any atom is 0.267 e. The normalized spacial score (nSPS) is 10.7. The van der Waals surface area contributed by atoms with E-state index >= 15 is 0 Å². The number of fused-ring (bicyclic) bond motifs is 1. The lowest BCUT2D eigenvalue weighted by atomic mass is 10.1. The number of amides is 1. The van der Waals surface area contributed by atoms with E-state index in [9.17, 15) is 14.7 Å². The number of rotatable bonds is 6. The van der Waals surface area contributed by atoms with Crippen LogP contribution in [-0.4, -0.2) is 22.7 Å². The van der Waals surface area contributed by atoms with E-state index in [2.05, 4.69) is 5.32 Å². The Labute approximate surface area is 157 Å². The fraction of sp³-hybridized carbons (Fsp3) is 0.238. The SMILES string of the molecule is CCCCn1c(=O)c(C(=O)Nc2ccc(OC)cc2)c(O)c2ccccc21. The zero-order chi connectivity index (χ0) is 19.4. The number of carbonyl (C=O) groups is 1. The Kier molecular flexibility index (Phi) is 5.45. The standard InChI is InChI=1S/C21H22N2O4/c1-3-4-13-23-17-8-6-5-7-16(17)19(24)18(21(23)26)20(25)22-14-9-11-15(27-2)12-10-14/h5-12,24H,3-4,13H2,1-2H3,(H,22,25). The summed E-state index contributed by atoms with van der Waals surface area (Å²) in [6, 6.07) is 13.8. The number of aryl methyl sites for hydroxylation is 1. The Hall–Kier alpha value is -3.28. The molecule has 1 heterocycles. The van der Waals surface area contributed by atoms with Gasteiger partial charge in [0.15, 0.2) is 0 Å². The van der Waals surface area contributed by atoms with Crippen molar-refractivity contribution in [3.05, 3.63) is 64.4 Å². The first-order valence-electron chi connectivity index (χ1n) is 8.86. The van der Waals surface area contributed by atoms with Crippen LogP contribution in [0.25, 0.3) is 10.9 Å². The minimum Gasteiger partial charge on any atom is -0.506 e. The van der Waals surface area contributed by atoms with Crippen LogP contribution in [0.2, 0.25) is 0 Å². The smallest absolute Gasteiger partial charge is 0.267 e. The van der Waals surface area contributed by atoms with E-state index in [4.69, 9.17) is 4.74 Å². The molecule has 0 fully saturated rings. The molecule has 0 aliphatic heterocycles. The monoisotopic (exact) mass is 366 g/mol. The molecule has 0 spiro atoms. The maximum atomic E-state index is 13.0. The molecule has 0 saturated carbocycles. The average molecular weight is 366 g/mol. The van der Waals surface area contributed by atoms with Crippen LogP contribution in [0.4, 0.5) is 5.69 Å². The van der Waals surface area contributed by atoms with E-state index in [0.29, 0.717) is 28.9 Å². The van der Waals surface area contributed by atoms with Gasteiger partial charge >= 0.3 is 0 Å². The second kappa shape index (κ2) is 7.95. The predicted octanol–water partition coefficient (Wildman–Crippen LogP) is 3.77. The molecular formula is C21H22N2O4. The molecule has 3 rings (SSSR count). The number of anilines is 1. The lowest BCUT2D eigenvalue weighted by Crippen LogP contribution is -2.30. The first kappa shape index (κ1) is 18.5. The summed E-state index contributed by atoms with van der Waals surface area (Å²) < 4.78 is 6.65. The van der Waals surface area contributed by atoms with E-state index in [-0.39, 0.29) is 11.3 Å². The Balaban J connectivity index is 2.06. The molecule has 140 valence electrons. The lowest BCUT2D eigenvalue weighted by molar-refractivity contribution is 0.102. The number of para-hydroxylation sites is 1. The molecule has 1 amide bonds. The molecule has 0 bridgehead atoms. The Morgan fingerprint density at radius 3 is 2.52 bits per heavy atom. The van der Waals surface area contributed by atoms with Crippen molar-refractivity contribution in [3.63, 3.8) is 0 Å². The van der Waals surface area contributed by atoms with Crippen LogP contribution < -0.4 is 15.6 Å². The molecule has 6 heteroatoms. The third-order valence-corrected chi connectivity index (χ3v) is 4.46. The van der Waals surface area contributed by atoms with Crippen molar-refractivity contribution in [2.45, 2.75) is 26.3 Å². The van der Waals surface area contributed by atoms with Crippen molar-refractivity contribution in [1.29, 1.82) is 0 Å². The number of aromatic nitrogens is 1. The summed E-state index contributed by atoms with van der Waals surface area (Å²) >= 11 is 0. The molecule has 1 aromatic heterocycles. The summed E-state index contributed by atoms with van der Waals surface area (Å²) in [5.41, 5.74) is 0.383. The number of benzene rings is 2. The quantitative estimate of drug-likeness (QED) is 0.696. The Bertz CT molecular complexity index is 1020. The van der Waals surface area contributed by atoms with Gasteiger partial charge in [-0.1, -0.05) is 25.5 Å². The number of aromatic hydroxyl groups is 1. The van der Waals surface area contributed by atoms with Gasteiger partial charge < -0.3 is 19.7 Å². The van der Waals surface area contributed by atoms with E-state index in [1.807, 2.05) is 6.92 Å².